The highest BCUT2D eigenvalue weighted by molar-refractivity contribution is 7.92. The molecule has 0 unspecified atom stereocenters. The molecule has 4 aromatic rings. The van der Waals surface area contributed by atoms with Crippen molar-refractivity contribution in [3.05, 3.63) is 65.3 Å². The third-order valence-corrected chi connectivity index (χ3v) is 6.08. The lowest BCUT2D eigenvalue weighted by molar-refractivity contribution is 0.221. The van der Waals surface area contributed by atoms with E-state index < -0.39 is 21.9 Å². The molecule has 0 aliphatic carbocycles. The molecule has 0 saturated carbocycles. The molecule has 0 aliphatic rings. The second-order valence-corrected chi connectivity index (χ2v) is 9.68. The number of hydrogen-bond acceptors (Lipinski definition) is 7. The number of halogens is 2. The van der Waals surface area contributed by atoms with Gasteiger partial charge in [0.2, 0.25) is 15.8 Å². The lowest BCUT2D eigenvalue weighted by Crippen LogP contribution is -2.09. The minimum absolute atomic E-state index is 0.0687. The van der Waals surface area contributed by atoms with Crippen LogP contribution in [0.3, 0.4) is 0 Å². The fourth-order valence-electron chi connectivity index (χ4n) is 3.62. The molecule has 8 nitrogen and oxygen atoms in total. The molecule has 34 heavy (non-hydrogen) atoms. The van der Waals surface area contributed by atoms with E-state index >= 15 is 0 Å². The molecule has 178 valence electrons. The number of furan rings is 1. The van der Waals surface area contributed by atoms with Crippen LogP contribution in [0.4, 0.5) is 15.9 Å². The summed E-state index contributed by atoms with van der Waals surface area (Å²) >= 11 is 6.19. The number of methoxy groups -OCH3 is 1. The number of sulfonamides is 1. The minimum Gasteiger partial charge on any atom is -0.496 e. The highest BCUT2D eigenvalue weighted by Gasteiger charge is 2.24. The highest BCUT2D eigenvalue weighted by atomic mass is 35.5. The average Bonchev–Trinajstić information content (AvgIpc) is 3.20. The van der Waals surface area contributed by atoms with E-state index in [9.17, 15) is 12.8 Å². The summed E-state index contributed by atoms with van der Waals surface area (Å²) in [5, 5.41) is 0.464. The maximum absolute atomic E-state index is 14.1. The fraction of sp³-hybridized carbons (Fsp3) is 0.174. The smallest absolute Gasteiger partial charge is 0.229 e. The number of benzene rings is 2. The maximum atomic E-state index is 14.1. The van der Waals surface area contributed by atoms with Crippen molar-refractivity contribution in [1.29, 1.82) is 0 Å². The van der Waals surface area contributed by atoms with Crippen LogP contribution in [-0.4, -0.2) is 26.8 Å². The second-order valence-electron chi connectivity index (χ2n) is 7.56. The number of nitrogens with one attached hydrogen (secondary N) is 1. The van der Waals surface area contributed by atoms with Crippen molar-refractivity contribution in [2.24, 2.45) is 0 Å². The van der Waals surface area contributed by atoms with Gasteiger partial charge in [-0.15, -0.1) is 0 Å². The Morgan fingerprint density at radius 2 is 2.03 bits per heavy atom. The van der Waals surface area contributed by atoms with Crippen LogP contribution in [0.5, 0.6) is 11.5 Å². The van der Waals surface area contributed by atoms with Gasteiger partial charge in [0.1, 0.15) is 17.7 Å². The predicted molar refractivity (Wildman–Crippen MR) is 129 cm³/mol. The number of pyridine rings is 1. The van der Waals surface area contributed by atoms with Crippen molar-refractivity contribution in [3.63, 3.8) is 0 Å². The number of aromatic nitrogens is 1. The molecule has 0 amide bonds. The summed E-state index contributed by atoms with van der Waals surface area (Å²) in [6.45, 7) is 1.67. The Labute approximate surface area is 200 Å². The molecule has 2 aromatic carbocycles. The molecule has 0 fully saturated rings. The van der Waals surface area contributed by atoms with E-state index in [0.29, 0.717) is 39.1 Å². The van der Waals surface area contributed by atoms with Crippen molar-refractivity contribution in [2.75, 3.05) is 23.8 Å². The van der Waals surface area contributed by atoms with Gasteiger partial charge in [0, 0.05) is 17.4 Å². The van der Waals surface area contributed by atoms with E-state index in [2.05, 4.69) is 9.71 Å². The molecular weight excluding hydrogens is 485 g/mol. The Hall–Kier alpha value is -3.50. The number of nitrogens with zero attached hydrogens (tertiary/aromatic N) is 1. The first kappa shape index (κ1) is 23.7. The van der Waals surface area contributed by atoms with Crippen molar-refractivity contribution in [3.8, 4) is 22.6 Å². The minimum atomic E-state index is -3.44. The predicted octanol–water partition coefficient (Wildman–Crippen LogP) is 5.39. The van der Waals surface area contributed by atoms with Gasteiger partial charge in [0.05, 0.1) is 35.6 Å². The Kier molecular flexibility index (Phi) is 6.28. The van der Waals surface area contributed by atoms with E-state index in [1.807, 2.05) is 0 Å². The molecule has 2 heterocycles. The van der Waals surface area contributed by atoms with Gasteiger partial charge in [0.25, 0.3) is 0 Å². The topological polar surface area (TPSA) is 117 Å². The summed E-state index contributed by atoms with van der Waals surface area (Å²) in [6.07, 6.45) is 3.35. The number of hydrogen-bond donors (Lipinski definition) is 2. The molecule has 2 aromatic heterocycles. The lowest BCUT2D eigenvalue weighted by atomic mass is 10.1. The van der Waals surface area contributed by atoms with Crippen LogP contribution in [-0.2, 0) is 10.0 Å². The van der Waals surface area contributed by atoms with Gasteiger partial charge in [0.15, 0.2) is 11.4 Å². The van der Waals surface area contributed by atoms with Gasteiger partial charge in [-0.2, -0.15) is 0 Å². The van der Waals surface area contributed by atoms with E-state index in [1.54, 1.807) is 31.2 Å². The molecule has 0 spiro atoms. The SMILES string of the molecule is COc1ccc(F)c(Cl)c1[C@@H](C)Oc1c(N)ncc2c(-c3cccc(NS(C)(=O)=O)c3)coc12. The fourth-order valence-corrected chi connectivity index (χ4v) is 4.49. The van der Waals surface area contributed by atoms with E-state index in [1.165, 1.54) is 31.7 Å². The Balaban J connectivity index is 1.76. The number of nitrogen functional groups attached to an aromatic ring is 1. The van der Waals surface area contributed by atoms with E-state index in [-0.39, 0.29) is 16.6 Å². The third-order valence-electron chi connectivity index (χ3n) is 5.09. The molecule has 0 bridgehead atoms. The zero-order valence-electron chi connectivity index (χ0n) is 18.4. The van der Waals surface area contributed by atoms with Gasteiger partial charge in [-0.25, -0.2) is 17.8 Å². The molecule has 11 heteroatoms. The van der Waals surface area contributed by atoms with Crippen LogP contribution in [0.15, 0.2) is 53.3 Å². The summed E-state index contributed by atoms with van der Waals surface area (Å²) in [5.74, 6) is -0.0312. The van der Waals surface area contributed by atoms with Crippen molar-refractivity contribution in [1.82, 2.24) is 4.98 Å². The highest BCUT2D eigenvalue weighted by Crippen LogP contribution is 2.42. The van der Waals surface area contributed by atoms with E-state index in [4.69, 9.17) is 31.2 Å². The summed E-state index contributed by atoms with van der Waals surface area (Å²) in [5.41, 5.74) is 8.45. The molecule has 0 radical (unpaired) electrons. The molecule has 3 N–H and O–H groups in total. The largest absolute Gasteiger partial charge is 0.496 e. The summed E-state index contributed by atoms with van der Waals surface area (Å²) < 4.78 is 56.9. The first-order valence-electron chi connectivity index (χ1n) is 10.0. The number of fused-ring (bicyclic) bond motifs is 1. The maximum Gasteiger partial charge on any atom is 0.229 e. The quantitative estimate of drug-likeness (QED) is 0.346. The average molecular weight is 506 g/mol. The number of rotatable bonds is 7. The van der Waals surface area contributed by atoms with Crippen LogP contribution >= 0.6 is 11.6 Å². The van der Waals surface area contributed by atoms with Crippen LogP contribution in [0, 0.1) is 5.82 Å². The summed E-state index contributed by atoms with van der Waals surface area (Å²) in [4.78, 5) is 4.22. The Morgan fingerprint density at radius 1 is 1.26 bits per heavy atom. The molecule has 0 aliphatic heterocycles. The summed E-state index contributed by atoms with van der Waals surface area (Å²) in [7, 11) is -1.99. The van der Waals surface area contributed by atoms with Crippen LogP contribution in [0.25, 0.3) is 22.1 Å². The first-order valence-corrected chi connectivity index (χ1v) is 12.3. The van der Waals surface area contributed by atoms with Gasteiger partial charge in [-0.3, -0.25) is 4.72 Å². The molecule has 1 atom stereocenters. The summed E-state index contributed by atoms with van der Waals surface area (Å²) in [6, 6.07) is 9.48. The van der Waals surface area contributed by atoms with Crippen molar-refractivity contribution in [2.45, 2.75) is 13.0 Å². The van der Waals surface area contributed by atoms with Crippen molar-refractivity contribution >= 4 is 44.1 Å². The molecule has 4 rings (SSSR count). The third kappa shape index (κ3) is 4.59. The van der Waals surface area contributed by atoms with E-state index in [0.717, 1.165) is 6.26 Å². The first-order chi connectivity index (χ1) is 16.1. The van der Waals surface area contributed by atoms with Crippen LogP contribution < -0.4 is 19.9 Å². The van der Waals surface area contributed by atoms with Gasteiger partial charge in [-0.05, 0) is 36.8 Å². The normalized spacial score (nSPS) is 12.5. The van der Waals surface area contributed by atoms with Crippen molar-refractivity contribution < 1.29 is 26.7 Å². The Morgan fingerprint density at radius 3 is 2.74 bits per heavy atom. The number of ether oxygens (including phenoxy) is 2. The number of anilines is 2. The zero-order chi connectivity index (χ0) is 24.6. The monoisotopic (exact) mass is 505 g/mol. The van der Waals surface area contributed by atoms with Gasteiger partial charge >= 0.3 is 0 Å². The van der Waals surface area contributed by atoms with Crippen LogP contribution in [0.1, 0.15) is 18.6 Å². The van der Waals surface area contributed by atoms with Gasteiger partial charge < -0.3 is 19.6 Å². The van der Waals surface area contributed by atoms with Crippen LogP contribution in [0.2, 0.25) is 5.02 Å². The standard InChI is InChI=1S/C23H21ClFN3O5S/c1-12(19-18(31-2)8-7-17(25)20(19)24)33-22-21-15(10-27-23(22)26)16(11-32-21)13-5-4-6-14(9-13)28-34(3,29)30/h4-12,28H,1-3H3,(H2,26,27)/t12-/m1/s1. The second kappa shape index (κ2) is 9.03. The lowest BCUT2D eigenvalue weighted by Gasteiger charge is -2.20. The molecular formula is C23H21ClFN3O5S. The molecule has 0 saturated heterocycles. The Bertz CT molecular complexity index is 1490. The number of nitrogens with two attached hydrogens (primary N) is 1. The zero-order valence-corrected chi connectivity index (χ0v) is 20.0. The van der Waals surface area contributed by atoms with Gasteiger partial charge in [-0.1, -0.05) is 23.7 Å².